The van der Waals surface area contributed by atoms with E-state index in [1.54, 1.807) is 18.7 Å². The van der Waals surface area contributed by atoms with Crippen LogP contribution in [0.25, 0.3) is 11.0 Å². The van der Waals surface area contributed by atoms with E-state index in [2.05, 4.69) is 4.72 Å². The molecule has 31 heavy (non-hydrogen) atoms. The molecule has 3 aromatic rings. The number of amides is 1. The summed E-state index contributed by atoms with van der Waals surface area (Å²) < 4.78 is 40.6. The second-order valence-corrected chi connectivity index (χ2v) is 9.50. The van der Waals surface area contributed by atoms with E-state index in [4.69, 9.17) is 9.15 Å². The molecule has 0 bridgehead atoms. The highest BCUT2D eigenvalue weighted by Gasteiger charge is 2.30. The minimum absolute atomic E-state index is 0.0857. The van der Waals surface area contributed by atoms with Crippen molar-refractivity contribution in [3.8, 4) is 0 Å². The standard InChI is InChI=1S/C23H26N2O5S/c1-15-13-19-17(3)20(23(26)25-9-11-29-12-10-25)30-21(19)22(16(15)2)31(27,28)24-14-18-7-5-4-6-8-18/h4-8,13,24H,9-12,14H2,1-3H3. The van der Waals surface area contributed by atoms with Crippen LogP contribution in [0.15, 0.2) is 45.7 Å². The number of nitrogens with zero attached hydrogens (tertiary/aromatic N) is 1. The number of benzene rings is 2. The van der Waals surface area contributed by atoms with E-state index in [1.165, 1.54) is 0 Å². The van der Waals surface area contributed by atoms with Crippen molar-refractivity contribution in [1.29, 1.82) is 0 Å². The van der Waals surface area contributed by atoms with Gasteiger partial charge in [-0.3, -0.25) is 4.79 Å². The highest BCUT2D eigenvalue weighted by molar-refractivity contribution is 7.89. The zero-order valence-corrected chi connectivity index (χ0v) is 18.7. The van der Waals surface area contributed by atoms with Crippen LogP contribution in [-0.4, -0.2) is 45.5 Å². The van der Waals surface area contributed by atoms with Gasteiger partial charge in [0, 0.05) is 30.6 Å². The quantitative estimate of drug-likeness (QED) is 0.655. The van der Waals surface area contributed by atoms with Crippen molar-refractivity contribution < 1.29 is 22.4 Å². The van der Waals surface area contributed by atoms with Crippen molar-refractivity contribution in [2.24, 2.45) is 0 Å². The summed E-state index contributed by atoms with van der Waals surface area (Å²) in [6, 6.07) is 11.2. The number of fused-ring (bicyclic) bond motifs is 1. The zero-order valence-electron chi connectivity index (χ0n) is 17.9. The molecule has 1 aliphatic heterocycles. The largest absolute Gasteiger partial charge is 0.449 e. The zero-order chi connectivity index (χ0) is 22.2. The molecule has 0 saturated carbocycles. The summed E-state index contributed by atoms with van der Waals surface area (Å²) in [7, 11) is -3.88. The van der Waals surface area contributed by atoms with Crippen LogP contribution in [-0.2, 0) is 21.3 Å². The number of hydrogen-bond donors (Lipinski definition) is 1. The topological polar surface area (TPSA) is 88.9 Å². The minimum Gasteiger partial charge on any atom is -0.449 e. The first-order chi connectivity index (χ1) is 14.8. The van der Waals surface area contributed by atoms with Gasteiger partial charge in [0.2, 0.25) is 10.0 Å². The number of carbonyl (C=O) groups is 1. The van der Waals surface area contributed by atoms with Crippen LogP contribution in [0.3, 0.4) is 0 Å². The third-order valence-corrected chi connectivity index (χ3v) is 7.32. The average Bonchev–Trinajstić information content (AvgIpc) is 3.09. The van der Waals surface area contributed by atoms with E-state index in [1.807, 2.05) is 43.3 Å². The lowest BCUT2D eigenvalue weighted by atomic mass is 10.0. The van der Waals surface area contributed by atoms with Crippen LogP contribution in [0.2, 0.25) is 0 Å². The van der Waals surface area contributed by atoms with Crippen LogP contribution in [0.4, 0.5) is 0 Å². The monoisotopic (exact) mass is 442 g/mol. The normalized spacial score (nSPS) is 14.9. The summed E-state index contributed by atoms with van der Waals surface area (Å²) in [4.78, 5) is 14.8. The van der Waals surface area contributed by atoms with Crippen LogP contribution in [0.5, 0.6) is 0 Å². The molecule has 4 rings (SSSR count). The Morgan fingerprint density at radius 1 is 1.06 bits per heavy atom. The third kappa shape index (κ3) is 4.11. The number of hydrogen-bond acceptors (Lipinski definition) is 5. The van der Waals surface area contributed by atoms with Gasteiger partial charge in [-0.1, -0.05) is 30.3 Å². The van der Waals surface area contributed by atoms with Crippen molar-refractivity contribution in [3.05, 3.63) is 64.4 Å². The van der Waals surface area contributed by atoms with Gasteiger partial charge in [-0.25, -0.2) is 13.1 Å². The summed E-state index contributed by atoms with van der Waals surface area (Å²) in [5, 5.41) is 0.639. The molecule has 7 nitrogen and oxygen atoms in total. The van der Waals surface area contributed by atoms with Crippen LogP contribution in [0, 0.1) is 20.8 Å². The van der Waals surface area contributed by atoms with E-state index in [-0.39, 0.29) is 28.7 Å². The first-order valence-electron chi connectivity index (χ1n) is 10.2. The highest BCUT2D eigenvalue weighted by Crippen LogP contribution is 2.35. The smallest absolute Gasteiger partial charge is 0.290 e. The number of aryl methyl sites for hydroxylation is 2. The van der Waals surface area contributed by atoms with Crippen molar-refractivity contribution in [3.63, 3.8) is 0 Å². The van der Waals surface area contributed by atoms with Gasteiger partial charge < -0.3 is 14.1 Å². The summed E-state index contributed by atoms with van der Waals surface area (Å²) in [6.45, 7) is 7.50. The molecule has 8 heteroatoms. The van der Waals surface area contributed by atoms with Crippen LogP contribution >= 0.6 is 0 Å². The fourth-order valence-electron chi connectivity index (χ4n) is 3.83. The molecular weight excluding hydrogens is 416 g/mol. The van der Waals surface area contributed by atoms with Gasteiger partial charge >= 0.3 is 0 Å². The molecule has 1 N–H and O–H groups in total. The second kappa shape index (κ2) is 8.45. The second-order valence-electron chi connectivity index (χ2n) is 7.80. The maximum atomic E-state index is 13.3. The van der Waals surface area contributed by atoms with E-state index >= 15 is 0 Å². The molecule has 1 saturated heterocycles. The molecule has 0 radical (unpaired) electrons. The Bertz CT molecular complexity index is 1230. The Hall–Kier alpha value is -2.68. The van der Waals surface area contributed by atoms with Crippen LogP contribution < -0.4 is 4.72 Å². The Morgan fingerprint density at radius 2 is 1.74 bits per heavy atom. The van der Waals surface area contributed by atoms with Crippen molar-refractivity contribution in [1.82, 2.24) is 9.62 Å². The summed E-state index contributed by atoms with van der Waals surface area (Å²) in [5.41, 5.74) is 3.15. The molecule has 1 aliphatic rings. The first kappa shape index (κ1) is 21.5. The Kier molecular flexibility index (Phi) is 5.88. The van der Waals surface area contributed by atoms with Gasteiger partial charge in [0.05, 0.1) is 13.2 Å². The molecule has 0 atom stereocenters. The minimum atomic E-state index is -3.88. The summed E-state index contributed by atoms with van der Waals surface area (Å²) in [5.74, 6) is -0.0608. The lowest BCUT2D eigenvalue weighted by Crippen LogP contribution is -2.40. The Morgan fingerprint density at radius 3 is 2.42 bits per heavy atom. The van der Waals surface area contributed by atoms with Gasteiger partial charge in [0.25, 0.3) is 5.91 Å². The molecular formula is C23H26N2O5S. The number of nitrogens with one attached hydrogen (secondary N) is 1. The van der Waals surface area contributed by atoms with Gasteiger partial charge in [-0.2, -0.15) is 0 Å². The Balaban J connectivity index is 1.77. The maximum absolute atomic E-state index is 13.3. The molecule has 1 amide bonds. The van der Waals surface area contributed by atoms with Gasteiger partial charge in [0.15, 0.2) is 11.3 Å². The molecule has 0 unspecified atom stereocenters. The number of furan rings is 1. The molecule has 164 valence electrons. The van der Waals surface area contributed by atoms with E-state index in [0.29, 0.717) is 42.8 Å². The molecule has 1 fully saturated rings. The molecule has 0 aliphatic carbocycles. The highest BCUT2D eigenvalue weighted by atomic mass is 32.2. The number of rotatable bonds is 5. The maximum Gasteiger partial charge on any atom is 0.290 e. The molecule has 2 heterocycles. The van der Waals surface area contributed by atoms with E-state index in [0.717, 1.165) is 11.1 Å². The summed E-state index contributed by atoms with van der Waals surface area (Å²) in [6.07, 6.45) is 0. The fourth-order valence-corrected chi connectivity index (χ4v) is 5.29. The van der Waals surface area contributed by atoms with Gasteiger partial charge in [0.1, 0.15) is 4.90 Å². The molecule has 0 spiro atoms. The van der Waals surface area contributed by atoms with Gasteiger partial charge in [-0.15, -0.1) is 0 Å². The van der Waals surface area contributed by atoms with Gasteiger partial charge in [-0.05, 0) is 43.5 Å². The fraction of sp³-hybridized carbons (Fsp3) is 0.348. The molecule has 2 aromatic carbocycles. The first-order valence-corrected chi connectivity index (χ1v) is 11.7. The number of ether oxygens (including phenoxy) is 1. The predicted octanol–water partition coefficient (Wildman–Crippen LogP) is 3.31. The summed E-state index contributed by atoms with van der Waals surface area (Å²) >= 11 is 0. The number of morpholine rings is 1. The SMILES string of the molecule is Cc1cc2c(C)c(C(=O)N3CCOCC3)oc2c(S(=O)(=O)NCc2ccccc2)c1C. The van der Waals surface area contributed by atoms with Crippen molar-refractivity contribution >= 4 is 26.9 Å². The lowest BCUT2D eigenvalue weighted by Gasteiger charge is -2.26. The van der Waals surface area contributed by atoms with E-state index in [9.17, 15) is 13.2 Å². The Labute approximate surface area is 182 Å². The average molecular weight is 443 g/mol. The van der Waals surface area contributed by atoms with Crippen molar-refractivity contribution in [2.75, 3.05) is 26.3 Å². The third-order valence-electron chi connectivity index (χ3n) is 5.76. The number of carbonyl (C=O) groups excluding carboxylic acids is 1. The van der Waals surface area contributed by atoms with E-state index < -0.39 is 10.0 Å². The van der Waals surface area contributed by atoms with Crippen molar-refractivity contribution in [2.45, 2.75) is 32.2 Å². The molecule has 1 aromatic heterocycles. The van der Waals surface area contributed by atoms with Crippen LogP contribution in [0.1, 0.15) is 32.8 Å². The number of sulfonamides is 1. The predicted molar refractivity (Wildman–Crippen MR) is 118 cm³/mol. The lowest BCUT2D eigenvalue weighted by molar-refractivity contribution is 0.0283.